The molecule has 1 saturated carbocycles. The molecule has 0 aromatic heterocycles. The SMILES string of the molecule is COc1ccc(CCC(=O)NC[C@H](C)C(=O)N[C@@H](CC2CCCCC2)[C@H](O)[C@H](O)CC(C)C)cc1. The molecule has 198 valence electrons. The van der Waals surface area contributed by atoms with Crippen molar-refractivity contribution in [2.75, 3.05) is 13.7 Å². The van der Waals surface area contributed by atoms with Crippen LogP contribution in [0.4, 0.5) is 0 Å². The Kier molecular flexibility index (Phi) is 12.6. The lowest BCUT2D eigenvalue weighted by Crippen LogP contribution is -2.52. The molecule has 0 saturated heterocycles. The number of aryl methyl sites for hydroxylation is 1. The molecule has 1 aliphatic carbocycles. The van der Waals surface area contributed by atoms with Crippen molar-refractivity contribution in [3.8, 4) is 5.75 Å². The molecule has 2 rings (SSSR count). The zero-order valence-corrected chi connectivity index (χ0v) is 22.0. The van der Waals surface area contributed by atoms with E-state index in [9.17, 15) is 19.8 Å². The molecule has 1 aromatic rings. The number of rotatable bonds is 14. The van der Waals surface area contributed by atoms with E-state index < -0.39 is 24.2 Å². The third-order valence-electron chi connectivity index (χ3n) is 7.01. The van der Waals surface area contributed by atoms with Crippen molar-refractivity contribution >= 4 is 11.8 Å². The van der Waals surface area contributed by atoms with Gasteiger partial charge < -0.3 is 25.6 Å². The van der Waals surface area contributed by atoms with Crippen LogP contribution < -0.4 is 15.4 Å². The minimum absolute atomic E-state index is 0.105. The van der Waals surface area contributed by atoms with Crippen LogP contribution in [0.5, 0.6) is 5.75 Å². The van der Waals surface area contributed by atoms with Gasteiger partial charge in [-0.1, -0.05) is 65.0 Å². The van der Waals surface area contributed by atoms with Gasteiger partial charge in [0.15, 0.2) is 0 Å². The third kappa shape index (κ3) is 10.6. The van der Waals surface area contributed by atoms with Crippen LogP contribution in [0, 0.1) is 17.8 Å². The van der Waals surface area contributed by atoms with Gasteiger partial charge in [-0.05, 0) is 48.8 Å². The predicted molar refractivity (Wildman–Crippen MR) is 138 cm³/mol. The number of carbonyl (C=O) groups excluding carboxylic acids is 2. The Morgan fingerprint density at radius 2 is 1.71 bits per heavy atom. The first-order valence-electron chi connectivity index (χ1n) is 13.3. The number of methoxy groups -OCH3 is 1. The molecule has 1 aliphatic rings. The monoisotopic (exact) mass is 490 g/mol. The number of aliphatic hydroxyl groups excluding tert-OH is 2. The van der Waals surface area contributed by atoms with E-state index in [-0.39, 0.29) is 24.3 Å². The lowest BCUT2D eigenvalue weighted by Gasteiger charge is -2.33. The van der Waals surface area contributed by atoms with E-state index >= 15 is 0 Å². The van der Waals surface area contributed by atoms with Gasteiger partial charge in [-0.2, -0.15) is 0 Å². The number of benzene rings is 1. The van der Waals surface area contributed by atoms with E-state index in [1.807, 2.05) is 38.1 Å². The zero-order chi connectivity index (χ0) is 25.8. The van der Waals surface area contributed by atoms with Crippen LogP contribution >= 0.6 is 0 Å². The highest BCUT2D eigenvalue weighted by Gasteiger charge is 2.32. The number of aliphatic hydroxyl groups is 2. The van der Waals surface area contributed by atoms with E-state index in [4.69, 9.17) is 4.74 Å². The predicted octanol–water partition coefficient (Wildman–Crippen LogP) is 3.60. The van der Waals surface area contributed by atoms with Gasteiger partial charge >= 0.3 is 0 Å². The number of hydrogen-bond donors (Lipinski definition) is 4. The summed E-state index contributed by atoms with van der Waals surface area (Å²) in [5, 5.41) is 27.3. The van der Waals surface area contributed by atoms with Crippen molar-refractivity contribution in [3.63, 3.8) is 0 Å². The van der Waals surface area contributed by atoms with Crippen LogP contribution in [-0.4, -0.2) is 53.9 Å². The molecular formula is C28H46N2O5. The molecule has 0 unspecified atom stereocenters. The lowest BCUT2D eigenvalue weighted by atomic mass is 9.82. The van der Waals surface area contributed by atoms with Crippen molar-refractivity contribution in [2.45, 2.75) is 96.8 Å². The molecule has 35 heavy (non-hydrogen) atoms. The average molecular weight is 491 g/mol. The van der Waals surface area contributed by atoms with Crippen LogP contribution in [0.2, 0.25) is 0 Å². The van der Waals surface area contributed by atoms with Gasteiger partial charge in [-0.3, -0.25) is 9.59 Å². The van der Waals surface area contributed by atoms with E-state index in [2.05, 4.69) is 10.6 Å². The molecule has 0 spiro atoms. The number of carbonyl (C=O) groups is 2. The average Bonchev–Trinajstić information content (AvgIpc) is 2.85. The smallest absolute Gasteiger partial charge is 0.224 e. The summed E-state index contributed by atoms with van der Waals surface area (Å²) in [6, 6.07) is 7.13. The summed E-state index contributed by atoms with van der Waals surface area (Å²) in [5.41, 5.74) is 1.05. The maximum absolute atomic E-state index is 12.9. The lowest BCUT2D eigenvalue weighted by molar-refractivity contribution is -0.127. The summed E-state index contributed by atoms with van der Waals surface area (Å²) >= 11 is 0. The highest BCUT2D eigenvalue weighted by molar-refractivity contribution is 5.81. The standard InChI is InChI=1S/C28H46N2O5/c1-19(2)16-25(31)27(33)24(17-22-8-6-5-7-9-22)30-28(34)20(3)18-29-26(32)15-12-21-10-13-23(35-4)14-11-21/h10-11,13-14,19-20,22,24-25,27,31,33H,5-9,12,15-18H2,1-4H3,(H,29,32)(H,30,34)/t20-,24-,25+,27-/m0/s1. The molecule has 7 heteroatoms. The van der Waals surface area contributed by atoms with Crippen molar-refractivity contribution in [1.82, 2.24) is 10.6 Å². The molecule has 0 bridgehead atoms. The quantitative estimate of drug-likeness (QED) is 0.319. The molecule has 2 amide bonds. The van der Waals surface area contributed by atoms with Crippen molar-refractivity contribution < 1.29 is 24.5 Å². The summed E-state index contributed by atoms with van der Waals surface area (Å²) in [7, 11) is 1.62. The highest BCUT2D eigenvalue weighted by atomic mass is 16.5. The molecule has 7 nitrogen and oxygen atoms in total. The molecule has 0 radical (unpaired) electrons. The van der Waals surface area contributed by atoms with E-state index in [0.717, 1.165) is 24.2 Å². The number of ether oxygens (including phenoxy) is 1. The van der Waals surface area contributed by atoms with Gasteiger partial charge in [0.25, 0.3) is 0 Å². The minimum atomic E-state index is -1.01. The Balaban J connectivity index is 1.85. The summed E-state index contributed by atoms with van der Waals surface area (Å²) in [5.74, 6) is 0.717. The fourth-order valence-electron chi connectivity index (χ4n) is 4.78. The van der Waals surface area contributed by atoms with Gasteiger partial charge in [-0.25, -0.2) is 0 Å². The third-order valence-corrected chi connectivity index (χ3v) is 7.01. The summed E-state index contributed by atoms with van der Waals surface area (Å²) in [6.45, 7) is 6.01. The highest BCUT2D eigenvalue weighted by Crippen LogP contribution is 2.29. The second-order valence-corrected chi connectivity index (χ2v) is 10.6. The van der Waals surface area contributed by atoms with Gasteiger partial charge in [0.2, 0.25) is 11.8 Å². The molecule has 0 heterocycles. The largest absolute Gasteiger partial charge is 0.497 e. The van der Waals surface area contributed by atoms with Crippen molar-refractivity contribution in [3.05, 3.63) is 29.8 Å². The molecule has 4 atom stereocenters. The van der Waals surface area contributed by atoms with Crippen LogP contribution in [0.15, 0.2) is 24.3 Å². The summed E-state index contributed by atoms with van der Waals surface area (Å²) < 4.78 is 5.15. The molecule has 4 N–H and O–H groups in total. The molecule has 1 fully saturated rings. The van der Waals surface area contributed by atoms with Crippen molar-refractivity contribution in [1.29, 1.82) is 0 Å². The van der Waals surface area contributed by atoms with Crippen molar-refractivity contribution in [2.24, 2.45) is 17.8 Å². The second-order valence-electron chi connectivity index (χ2n) is 10.6. The van der Waals surface area contributed by atoms with E-state index in [0.29, 0.717) is 31.6 Å². The fourth-order valence-corrected chi connectivity index (χ4v) is 4.78. The van der Waals surface area contributed by atoms with Gasteiger partial charge in [0, 0.05) is 13.0 Å². The van der Waals surface area contributed by atoms with Crippen LogP contribution in [0.3, 0.4) is 0 Å². The Bertz CT molecular complexity index is 761. The Morgan fingerprint density at radius 1 is 1.06 bits per heavy atom. The topological polar surface area (TPSA) is 108 Å². The molecule has 0 aliphatic heterocycles. The Hall–Kier alpha value is -2.12. The Labute approximate surface area is 211 Å². The number of hydrogen-bond acceptors (Lipinski definition) is 5. The molecular weight excluding hydrogens is 444 g/mol. The van der Waals surface area contributed by atoms with Gasteiger partial charge in [-0.15, -0.1) is 0 Å². The maximum Gasteiger partial charge on any atom is 0.224 e. The van der Waals surface area contributed by atoms with Crippen LogP contribution in [0.25, 0.3) is 0 Å². The number of amides is 2. The molecule has 1 aromatic carbocycles. The first-order valence-corrected chi connectivity index (χ1v) is 13.3. The van der Waals surface area contributed by atoms with E-state index in [1.165, 1.54) is 19.3 Å². The normalized spacial score (nSPS) is 17.9. The maximum atomic E-state index is 12.9. The minimum Gasteiger partial charge on any atom is -0.497 e. The van der Waals surface area contributed by atoms with Gasteiger partial charge in [0.1, 0.15) is 11.9 Å². The Morgan fingerprint density at radius 3 is 2.31 bits per heavy atom. The first-order chi connectivity index (χ1) is 16.7. The zero-order valence-electron chi connectivity index (χ0n) is 22.0. The van der Waals surface area contributed by atoms with Crippen LogP contribution in [-0.2, 0) is 16.0 Å². The van der Waals surface area contributed by atoms with Gasteiger partial charge in [0.05, 0.1) is 25.2 Å². The summed E-state index contributed by atoms with van der Waals surface area (Å²) in [6.07, 6.45) is 6.00. The first kappa shape index (κ1) is 29.1. The summed E-state index contributed by atoms with van der Waals surface area (Å²) in [4.78, 5) is 25.2. The van der Waals surface area contributed by atoms with Crippen LogP contribution in [0.1, 0.15) is 77.7 Å². The number of nitrogens with one attached hydrogen (secondary N) is 2. The second kappa shape index (κ2) is 15.1. The fraction of sp³-hybridized carbons (Fsp3) is 0.714. The van der Waals surface area contributed by atoms with E-state index in [1.54, 1.807) is 14.0 Å².